The Kier molecular flexibility index (Phi) is 4.09. The minimum Gasteiger partial charge on any atom is -0.299 e. The molecule has 1 heterocycles. The van der Waals surface area contributed by atoms with E-state index in [1.165, 1.54) is 0 Å². The third-order valence-electron chi connectivity index (χ3n) is 1.86. The van der Waals surface area contributed by atoms with Crippen LogP contribution in [-0.2, 0) is 11.2 Å². The van der Waals surface area contributed by atoms with E-state index in [0.29, 0.717) is 24.5 Å². The molecule has 1 aromatic rings. The van der Waals surface area contributed by atoms with Crippen LogP contribution in [0.2, 0.25) is 0 Å². The summed E-state index contributed by atoms with van der Waals surface area (Å²) in [5, 5.41) is 0. The molecule has 13 heavy (non-hydrogen) atoms. The largest absolute Gasteiger partial charge is 0.299 e. The van der Waals surface area contributed by atoms with Crippen molar-refractivity contribution in [2.24, 2.45) is 5.92 Å². The van der Waals surface area contributed by atoms with E-state index in [1.54, 1.807) is 23.0 Å². The molecule has 0 unspecified atom stereocenters. The molecule has 0 saturated heterocycles. The van der Waals surface area contributed by atoms with Crippen LogP contribution in [-0.4, -0.2) is 10.8 Å². The predicted molar refractivity (Wildman–Crippen MR) is 54.9 cm³/mol. The molecule has 0 amide bonds. The topological polar surface area (TPSA) is 30.0 Å². The van der Waals surface area contributed by atoms with Gasteiger partial charge in [-0.05, 0) is 12.3 Å². The summed E-state index contributed by atoms with van der Waals surface area (Å²) in [6.07, 6.45) is 4.04. The molecule has 0 aliphatic carbocycles. The number of hydrogen-bond donors (Lipinski definition) is 0. The maximum absolute atomic E-state index is 11.4. The maximum atomic E-state index is 11.4. The van der Waals surface area contributed by atoms with Gasteiger partial charge < -0.3 is 0 Å². The van der Waals surface area contributed by atoms with Crippen LogP contribution in [0.15, 0.2) is 11.7 Å². The van der Waals surface area contributed by atoms with Gasteiger partial charge in [0.05, 0.1) is 5.51 Å². The number of Topliss-reactive ketones (excluding diaryl/α,β-unsaturated/α-hetero) is 1. The Morgan fingerprint density at radius 2 is 2.38 bits per heavy atom. The van der Waals surface area contributed by atoms with Crippen LogP contribution in [0.3, 0.4) is 0 Å². The summed E-state index contributed by atoms with van der Waals surface area (Å²) >= 11 is 1.55. The number of carbonyl (C=O) groups excluding carboxylic acids is 1. The van der Waals surface area contributed by atoms with E-state index in [9.17, 15) is 4.79 Å². The van der Waals surface area contributed by atoms with Crippen LogP contribution < -0.4 is 0 Å². The lowest BCUT2D eigenvalue weighted by atomic mass is 10.0. The first-order chi connectivity index (χ1) is 6.18. The second-order valence-electron chi connectivity index (χ2n) is 3.62. The molecule has 2 nitrogen and oxygen atoms in total. The highest BCUT2D eigenvalue weighted by Gasteiger charge is 2.05. The zero-order valence-electron chi connectivity index (χ0n) is 8.12. The first kappa shape index (κ1) is 10.4. The lowest BCUT2D eigenvalue weighted by Crippen LogP contribution is -2.02. The van der Waals surface area contributed by atoms with Crippen molar-refractivity contribution in [3.05, 3.63) is 16.6 Å². The van der Waals surface area contributed by atoms with Crippen molar-refractivity contribution in [1.82, 2.24) is 4.98 Å². The van der Waals surface area contributed by atoms with E-state index >= 15 is 0 Å². The smallest absolute Gasteiger partial charge is 0.138 e. The number of hydrogen-bond acceptors (Lipinski definition) is 3. The SMILES string of the molecule is CC(C)CCC(=O)Cc1cncs1. The molecule has 72 valence electrons. The van der Waals surface area contributed by atoms with Crippen molar-refractivity contribution in [3.8, 4) is 0 Å². The molecule has 0 aliphatic rings. The monoisotopic (exact) mass is 197 g/mol. The number of nitrogens with zero attached hydrogens (tertiary/aromatic N) is 1. The molecule has 0 N–H and O–H groups in total. The van der Waals surface area contributed by atoms with Gasteiger partial charge in [-0.2, -0.15) is 0 Å². The molecule has 3 heteroatoms. The Morgan fingerprint density at radius 3 is 2.92 bits per heavy atom. The lowest BCUT2D eigenvalue weighted by molar-refractivity contribution is -0.118. The maximum Gasteiger partial charge on any atom is 0.138 e. The Hall–Kier alpha value is -0.700. The van der Waals surface area contributed by atoms with Gasteiger partial charge in [-0.1, -0.05) is 13.8 Å². The van der Waals surface area contributed by atoms with Crippen LogP contribution in [0.25, 0.3) is 0 Å². The van der Waals surface area contributed by atoms with Gasteiger partial charge in [0.1, 0.15) is 5.78 Å². The number of carbonyl (C=O) groups is 1. The van der Waals surface area contributed by atoms with E-state index in [1.807, 2.05) is 0 Å². The Labute approximate surface area is 83.0 Å². The Morgan fingerprint density at radius 1 is 1.62 bits per heavy atom. The molecule has 0 atom stereocenters. The van der Waals surface area contributed by atoms with Crippen molar-refractivity contribution >= 4 is 17.1 Å². The molecule has 0 spiro atoms. The number of rotatable bonds is 5. The fraction of sp³-hybridized carbons (Fsp3) is 0.600. The highest BCUT2D eigenvalue weighted by Crippen LogP contribution is 2.10. The van der Waals surface area contributed by atoms with Crippen LogP contribution in [0.5, 0.6) is 0 Å². The minimum atomic E-state index is 0.331. The van der Waals surface area contributed by atoms with E-state index < -0.39 is 0 Å². The predicted octanol–water partition coefficient (Wildman–Crippen LogP) is 2.69. The molecule has 0 aromatic carbocycles. The van der Waals surface area contributed by atoms with Gasteiger partial charge in [-0.25, -0.2) is 0 Å². The average Bonchev–Trinajstić information content (AvgIpc) is 2.53. The van der Waals surface area contributed by atoms with Crippen LogP contribution in [0.4, 0.5) is 0 Å². The summed E-state index contributed by atoms with van der Waals surface area (Å²) in [5.74, 6) is 0.948. The second kappa shape index (κ2) is 5.12. The Bertz CT molecular complexity index is 254. The minimum absolute atomic E-state index is 0.331. The second-order valence-corrected chi connectivity index (χ2v) is 4.59. The highest BCUT2D eigenvalue weighted by atomic mass is 32.1. The molecule has 0 fully saturated rings. The van der Waals surface area contributed by atoms with Gasteiger partial charge in [0.25, 0.3) is 0 Å². The van der Waals surface area contributed by atoms with Gasteiger partial charge in [0.15, 0.2) is 0 Å². The zero-order valence-corrected chi connectivity index (χ0v) is 8.93. The van der Waals surface area contributed by atoms with Crippen molar-refractivity contribution in [3.63, 3.8) is 0 Å². The molecule has 0 aliphatic heterocycles. The molecule has 0 radical (unpaired) electrons. The molecular formula is C10H15NOS. The third kappa shape index (κ3) is 4.18. The van der Waals surface area contributed by atoms with Crippen molar-refractivity contribution in [2.45, 2.75) is 33.1 Å². The Balaban J connectivity index is 2.26. The fourth-order valence-electron chi connectivity index (χ4n) is 1.06. The molecule has 0 bridgehead atoms. The molecule has 0 saturated carbocycles. The van der Waals surface area contributed by atoms with Gasteiger partial charge in [-0.3, -0.25) is 9.78 Å². The number of aromatic nitrogens is 1. The number of thiazole rings is 1. The zero-order chi connectivity index (χ0) is 9.68. The van der Waals surface area contributed by atoms with Gasteiger partial charge in [0, 0.05) is 23.9 Å². The first-order valence-corrected chi connectivity index (χ1v) is 5.45. The highest BCUT2D eigenvalue weighted by molar-refractivity contribution is 7.09. The third-order valence-corrected chi connectivity index (χ3v) is 2.64. The van der Waals surface area contributed by atoms with Crippen LogP contribution in [0.1, 0.15) is 31.6 Å². The van der Waals surface area contributed by atoms with Crippen LogP contribution >= 0.6 is 11.3 Å². The van der Waals surface area contributed by atoms with E-state index in [0.717, 1.165) is 11.3 Å². The fourth-order valence-corrected chi connectivity index (χ4v) is 1.68. The molecule has 1 rings (SSSR count). The first-order valence-electron chi connectivity index (χ1n) is 4.57. The molecule has 1 aromatic heterocycles. The van der Waals surface area contributed by atoms with Crippen molar-refractivity contribution < 1.29 is 4.79 Å². The van der Waals surface area contributed by atoms with Gasteiger partial charge >= 0.3 is 0 Å². The van der Waals surface area contributed by atoms with E-state index in [-0.39, 0.29) is 0 Å². The van der Waals surface area contributed by atoms with Crippen molar-refractivity contribution in [2.75, 3.05) is 0 Å². The summed E-state index contributed by atoms with van der Waals surface area (Å²) in [6.45, 7) is 4.28. The quantitative estimate of drug-likeness (QED) is 0.726. The summed E-state index contributed by atoms with van der Waals surface area (Å²) in [5.41, 5.74) is 1.77. The van der Waals surface area contributed by atoms with Crippen molar-refractivity contribution in [1.29, 1.82) is 0 Å². The summed E-state index contributed by atoms with van der Waals surface area (Å²) in [7, 11) is 0. The lowest BCUT2D eigenvalue weighted by Gasteiger charge is -2.01. The summed E-state index contributed by atoms with van der Waals surface area (Å²) in [6, 6.07) is 0. The van der Waals surface area contributed by atoms with E-state index in [2.05, 4.69) is 18.8 Å². The normalized spacial score (nSPS) is 10.7. The van der Waals surface area contributed by atoms with Crippen LogP contribution in [0, 0.1) is 5.92 Å². The summed E-state index contributed by atoms with van der Waals surface area (Å²) in [4.78, 5) is 16.4. The standard InChI is InChI=1S/C10H15NOS/c1-8(2)3-4-9(12)5-10-6-11-7-13-10/h6-8H,3-5H2,1-2H3. The number of ketones is 1. The van der Waals surface area contributed by atoms with Gasteiger partial charge in [0.2, 0.25) is 0 Å². The van der Waals surface area contributed by atoms with Gasteiger partial charge in [-0.15, -0.1) is 11.3 Å². The molecular weight excluding hydrogens is 182 g/mol. The van der Waals surface area contributed by atoms with E-state index in [4.69, 9.17) is 0 Å². The summed E-state index contributed by atoms with van der Waals surface area (Å²) < 4.78 is 0. The average molecular weight is 197 g/mol.